The summed E-state index contributed by atoms with van der Waals surface area (Å²) in [6, 6.07) is 9.50. The van der Waals surface area contributed by atoms with Gasteiger partial charge in [-0.2, -0.15) is 0 Å². The van der Waals surface area contributed by atoms with Gasteiger partial charge in [0.2, 0.25) is 6.10 Å². The smallest absolute Gasteiger partial charge is 0.271 e. The molecule has 1 amide bonds. The second kappa shape index (κ2) is 4.35. The maximum atomic E-state index is 12.0. The summed E-state index contributed by atoms with van der Waals surface area (Å²) in [6.07, 6.45) is 0.112. The third-order valence-corrected chi connectivity index (χ3v) is 2.57. The van der Waals surface area contributed by atoms with Gasteiger partial charge in [-0.25, -0.2) is 0 Å². The summed E-state index contributed by atoms with van der Waals surface area (Å²) >= 11 is 0. The van der Waals surface area contributed by atoms with Crippen molar-refractivity contribution in [2.24, 2.45) is 5.16 Å². The van der Waals surface area contributed by atoms with Gasteiger partial charge in [-0.05, 0) is 19.1 Å². The molecule has 0 aromatic heterocycles. The molecule has 1 aliphatic heterocycles. The van der Waals surface area contributed by atoms with Crippen molar-refractivity contribution in [2.45, 2.75) is 19.4 Å². The number of likely N-dealkylation sites (N-methyl/N-ethyl adjacent to an activating group) is 1. The minimum absolute atomic E-state index is 0.0631. The van der Waals surface area contributed by atoms with Crippen LogP contribution in [0.2, 0.25) is 0 Å². The van der Waals surface area contributed by atoms with Gasteiger partial charge in [0.05, 0.1) is 5.71 Å². The maximum Gasteiger partial charge on any atom is 0.271 e. The fraction of sp³-hybridized carbons (Fsp3) is 0.333. The van der Waals surface area contributed by atoms with Crippen LogP contribution in [0.25, 0.3) is 0 Å². The number of rotatable bonds is 2. The average molecular weight is 218 g/mol. The van der Waals surface area contributed by atoms with Gasteiger partial charge in [0, 0.05) is 19.2 Å². The van der Waals surface area contributed by atoms with E-state index >= 15 is 0 Å². The molecule has 1 aromatic carbocycles. The zero-order valence-electron chi connectivity index (χ0n) is 9.38. The zero-order valence-corrected chi connectivity index (χ0v) is 9.38. The van der Waals surface area contributed by atoms with Gasteiger partial charge in [-0.1, -0.05) is 23.4 Å². The lowest BCUT2D eigenvalue weighted by atomic mass is 10.1. The third kappa shape index (κ3) is 2.05. The molecule has 0 fully saturated rings. The van der Waals surface area contributed by atoms with E-state index in [1.165, 1.54) is 0 Å². The number of carbonyl (C=O) groups excluding carboxylic acids is 1. The molecule has 1 aliphatic rings. The molecule has 2 rings (SSSR count). The summed E-state index contributed by atoms with van der Waals surface area (Å²) in [5.41, 5.74) is 1.72. The monoisotopic (exact) mass is 218 g/mol. The molecule has 0 bridgehead atoms. The number of oxime groups is 1. The number of nitrogens with zero attached hydrogens (tertiary/aromatic N) is 2. The van der Waals surface area contributed by atoms with Gasteiger partial charge in [0.1, 0.15) is 0 Å². The van der Waals surface area contributed by atoms with E-state index in [9.17, 15) is 4.79 Å². The molecule has 0 N–H and O–H groups in total. The van der Waals surface area contributed by atoms with Gasteiger partial charge in [0.25, 0.3) is 5.91 Å². The van der Waals surface area contributed by atoms with Crippen LogP contribution < -0.4 is 4.90 Å². The van der Waals surface area contributed by atoms with Crippen molar-refractivity contribution in [3.8, 4) is 0 Å². The fourth-order valence-corrected chi connectivity index (χ4v) is 1.62. The Labute approximate surface area is 94.5 Å². The van der Waals surface area contributed by atoms with Crippen molar-refractivity contribution < 1.29 is 9.63 Å². The topological polar surface area (TPSA) is 41.9 Å². The van der Waals surface area contributed by atoms with Crippen LogP contribution in [0.3, 0.4) is 0 Å². The highest BCUT2D eigenvalue weighted by Gasteiger charge is 2.29. The molecule has 4 nitrogen and oxygen atoms in total. The van der Waals surface area contributed by atoms with Crippen LogP contribution in [0.4, 0.5) is 5.69 Å². The molecule has 84 valence electrons. The first-order valence-corrected chi connectivity index (χ1v) is 5.20. The molecular formula is C12H14N2O2. The van der Waals surface area contributed by atoms with E-state index in [4.69, 9.17) is 4.84 Å². The fourth-order valence-electron chi connectivity index (χ4n) is 1.62. The highest BCUT2D eigenvalue weighted by Crippen LogP contribution is 2.17. The van der Waals surface area contributed by atoms with Gasteiger partial charge >= 0.3 is 0 Å². The molecule has 0 spiro atoms. The lowest BCUT2D eigenvalue weighted by Crippen LogP contribution is -2.36. The first-order valence-electron chi connectivity index (χ1n) is 5.20. The van der Waals surface area contributed by atoms with Gasteiger partial charge in [-0.15, -0.1) is 0 Å². The van der Waals surface area contributed by atoms with E-state index in [-0.39, 0.29) is 5.91 Å². The van der Waals surface area contributed by atoms with E-state index in [2.05, 4.69) is 5.16 Å². The molecule has 1 aromatic rings. The van der Waals surface area contributed by atoms with Crippen molar-refractivity contribution in [1.82, 2.24) is 0 Å². The Hall–Kier alpha value is -1.84. The number of carbonyl (C=O) groups is 1. The van der Waals surface area contributed by atoms with Crippen LogP contribution in [-0.4, -0.2) is 24.8 Å². The second-order valence-electron chi connectivity index (χ2n) is 3.86. The van der Waals surface area contributed by atoms with Crippen LogP contribution in [0.5, 0.6) is 0 Å². The van der Waals surface area contributed by atoms with Gasteiger partial charge < -0.3 is 9.74 Å². The Balaban J connectivity index is 2.06. The highest BCUT2D eigenvalue weighted by molar-refractivity contribution is 6.00. The lowest BCUT2D eigenvalue weighted by molar-refractivity contribution is -0.128. The molecule has 0 radical (unpaired) electrons. The summed E-state index contributed by atoms with van der Waals surface area (Å²) in [6.45, 7) is 1.86. The van der Waals surface area contributed by atoms with Gasteiger partial charge in [-0.3, -0.25) is 4.79 Å². The van der Waals surface area contributed by atoms with Crippen LogP contribution in [0, 0.1) is 0 Å². The van der Waals surface area contributed by atoms with E-state index < -0.39 is 6.10 Å². The molecule has 0 aliphatic carbocycles. The summed E-state index contributed by atoms with van der Waals surface area (Å²) in [5, 5.41) is 3.78. The van der Waals surface area contributed by atoms with Crippen molar-refractivity contribution in [2.75, 3.05) is 11.9 Å². The van der Waals surface area contributed by atoms with Crippen LogP contribution >= 0.6 is 0 Å². The Bertz CT molecular complexity index is 414. The number of para-hydroxylation sites is 1. The van der Waals surface area contributed by atoms with Crippen molar-refractivity contribution in [3.05, 3.63) is 30.3 Å². The molecule has 1 heterocycles. The number of anilines is 1. The summed E-state index contributed by atoms with van der Waals surface area (Å²) in [7, 11) is 1.74. The quantitative estimate of drug-likeness (QED) is 0.759. The molecule has 1 atom stereocenters. The first-order chi connectivity index (χ1) is 7.68. The SMILES string of the molecule is CC1=NOC(C(=O)N(C)c2ccccc2)C1. The van der Waals surface area contributed by atoms with Crippen molar-refractivity contribution in [3.63, 3.8) is 0 Å². The number of hydrogen-bond acceptors (Lipinski definition) is 3. The summed E-state index contributed by atoms with van der Waals surface area (Å²) in [4.78, 5) is 18.7. The Morgan fingerprint density at radius 1 is 1.44 bits per heavy atom. The van der Waals surface area contributed by atoms with E-state index in [1.807, 2.05) is 37.3 Å². The molecule has 0 saturated carbocycles. The predicted molar refractivity (Wildman–Crippen MR) is 62.5 cm³/mol. The molecule has 16 heavy (non-hydrogen) atoms. The first kappa shape index (κ1) is 10.7. The zero-order chi connectivity index (χ0) is 11.5. The molecule has 0 saturated heterocycles. The second-order valence-corrected chi connectivity index (χ2v) is 3.86. The lowest BCUT2D eigenvalue weighted by Gasteiger charge is -2.19. The standard InChI is InChI=1S/C12H14N2O2/c1-9-8-11(16-13-9)12(15)14(2)10-6-4-3-5-7-10/h3-7,11H,8H2,1-2H3. The third-order valence-electron chi connectivity index (χ3n) is 2.57. The van der Waals surface area contributed by atoms with E-state index in [0.717, 1.165) is 11.4 Å². The molecular weight excluding hydrogens is 204 g/mol. The van der Waals surface area contributed by atoms with Crippen molar-refractivity contribution >= 4 is 17.3 Å². The molecule has 1 unspecified atom stereocenters. The van der Waals surface area contributed by atoms with Crippen LogP contribution in [0.1, 0.15) is 13.3 Å². The van der Waals surface area contributed by atoms with E-state index in [1.54, 1.807) is 11.9 Å². The minimum atomic E-state index is -0.467. The normalized spacial score (nSPS) is 18.9. The highest BCUT2D eigenvalue weighted by atomic mass is 16.6. The summed E-state index contributed by atoms with van der Waals surface area (Å²) in [5.74, 6) is -0.0631. The minimum Gasteiger partial charge on any atom is -0.382 e. The maximum absolute atomic E-state index is 12.0. The number of benzene rings is 1. The number of amides is 1. The molecule has 4 heteroatoms. The predicted octanol–water partition coefficient (Wildman–Crippen LogP) is 1.81. The summed E-state index contributed by atoms with van der Waals surface area (Å²) < 4.78 is 0. The largest absolute Gasteiger partial charge is 0.382 e. The van der Waals surface area contributed by atoms with E-state index in [0.29, 0.717) is 6.42 Å². The Morgan fingerprint density at radius 3 is 2.69 bits per heavy atom. The average Bonchev–Trinajstić information content (AvgIpc) is 2.75. The Morgan fingerprint density at radius 2 is 2.12 bits per heavy atom. The Kier molecular flexibility index (Phi) is 2.90. The van der Waals surface area contributed by atoms with Crippen LogP contribution in [-0.2, 0) is 9.63 Å². The van der Waals surface area contributed by atoms with Crippen LogP contribution in [0.15, 0.2) is 35.5 Å². The number of hydrogen-bond donors (Lipinski definition) is 0. The van der Waals surface area contributed by atoms with Crippen molar-refractivity contribution in [1.29, 1.82) is 0 Å². The van der Waals surface area contributed by atoms with Gasteiger partial charge in [0.15, 0.2) is 0 Å².